The Morgan fingerprint density at radius 3 is 2.57 bits per heavy atom. The summed E-state index contributed by atoms with van der Waals surface area (Å²) in [5, 5.41) is 13.7. The molecular weight excluding hydrogens is 174 g/mol. The van der Waals surface area contributed by atoms with Crippen LogP contribution in [0.2, 0.25) is 0 Å². The van der Waals surface area contributed by atoms with Gasteiger partial charge in [-0.1, -0.05) is 27.2 Å². The van der Waals surface area contributed by atoms with E-state index in [1.165, 1.54) is 12.8 Å². The monoisotopic (exact) mass is 199 g/mol. The van der Waals surface area contributed by atoms with Crippen molar-refractivity contribution in [3.05, 3.63) is 0 Å². The Morgan fingerprint density at radius 1 is 1.43 bits per heavy atom. The smallest absolute Gasteiger partial charge is 0.0804 e. The van der Waals surface area contributed by atoms with Crippen LogP contribution in [0.25, 0.3) is 0 Å². The highest BCUT2D eigenvalue weighted by molar-refractivity contribution is 4.94. The lowest BCUT2D eigenvalue weighted by Gasteiger charge is -2.44. The first-order chi connectivity index (χ1) is 6.49. The molecular formula is C12H25NO. The molecule has 1 aliphatic rings. The number of likely N-dealkylation sites (N-methyl/N-ethyl adjacent to an activating group) is 1. The maximum Gasteiger partial charge on any atom is 0.0804 e. The maximum absolute atomic E-state index is 10.6. The van der Waals surface area contributed by atoms with Crippen LogP contribution in [0.5, 0.6) is 0 Å². The lowest BCUT2D eigenvalue weighted by molar-refractivity contribution is -0.0769. The predicted molar refractivity (Wildman–Crippen MR) is 60.2 cm³/mol. The molecule has 1 aliphatic carbocycles. The summed E-state index contributed by atoms with van der Waals surface area (Å²) < 4.78 is 0. The molecule has 3 atom stereocenters. The summed E-state index contributed by atoms with van der Waals surface area (Å²) in [4.78, 5) is 0. The summed E-state index contributed by atoms with van der Waals surface area (Å²) in [5.41, 5.74) is -0.472. The third-order valence-electron chi connectivity index (χ3n) is 3.65. The molecule has 0 aliphatic heterocycles. The minimum atomic E-state index is -0.472. The fourth-order valence-electron chi connectivity index (χ4n) is 3.05. The highest BCUT2D eigenvalue weighted by atomic mass is 16.3. The van der Waals surface area contributed by atoms with Gasteiger partial charge in [0.15, 0.2) is 0 Å². The molecule has 0 radical (unpaired) electrons. The Bertz CT molecular complexity index is 181. The number of rotatable bonds is 3. The summed E-state index contributed by atoms with van der Waals surface area (Å²) in [6.07, 6.45) is 3.41. The molecule has 0 amide bonds. The summed E-state index contributed by atoms with van der Waals surface area (Å²) in [6.45, 7) is 7.43. The van der Waals surface area contributed by atoms with E-state index in [1.54, 1.807) is 0 Å². The van der Waals surface area contributed by atoms with Gasteiger partial charge in [0.25, 0.3) is 0 Å². The molecule has 1 rings (SSSR count). The standard InChI is InChI=1S/C12H25NO/c1-9(2)11-6-5-10(3)7-12(11,14)8-13-4/h9-11,13-14H,5-8H2,1-4H3. The molecule has 1 fully saturated rings. The van der Waals surface area contributed by atoms with Crippen molar-refractivity contribution in [1.29, 1.82) is 0 Å². The molecule has 1 saturated carbocycles. The van der Waals surface area contributed by atoms with Gasteiger partial charge in [0.2, 0.25) is 0 Å². The van der Waals surface area contributed by atoms with Crippen molar-refractivity contribution in [2.24, 2.45) is 17.8 Å². The van der Waals surface area contributed by atoms with Gasteiger partial charge < -0.3 is 10.4 Å². The number of nitrogens with one attached hydrogen (secondary N) is 1. The molecule has 0 aromatic heterocycles. The van der Waals surface area contributed by atoms with Crippen molar-refractivity contribution < 1.29 is 5.11 Å². The molecule has 0 spiro atoms. The van der Waals surface area contributed by atoms with Crippen LogP contribution in [0.3, 0.4) is 0 Å². The summed E-state index contributed by atoms with van der Waals surface area (Å²) in [5.74, 6) is 1.72. The molecule has 2 heteroatoms. The zero-order valence-electron chi connectivity index (χ0n) is 10.0. The first-order valence-corrected chi connectivity index (χ1v) is 5.86. The highest BCUT2D eigenvalue weighted by Gasteiger charge is 2.41. The zero-order chi connectivity index (χ0) is 10.8. The second kappa shape index (κ2) is 4.63. The van der Waals surface area contributed by atoms with E-state index in [2.05, 4.69) is 26.1 Å². The molecule has 0 saturated heterocycles. The van der Waals surface area contributed by atoms with E-state index in [9.17, 15) is 5.11 Å². The molecule has 14 heavy (non-hydrogen) atoms. The quantitative estimate of drug-likeness (QED) is 0.729. The topological polar surface area (TPSA) is 32.3 Å². The molecule has 2 nitrogen and oxygen atoms in total. The molecule has 0 aromatic carbocycles. The van der Waals surface area contributed by atoms with Gasteiger partial charge in [-0.15, -0.1) is 0 Å². The molecule has 2 N–H and O–H groups in total. The van der Waals surface area contributed by atoms with E-state index in [-0.39, 0.29) is 0 Å². The second-order valence-electron chi connectivity index (χ2n) is 5.37. The second-order valence-corrected chi connectivity index (χ2v) is 5.37. The Morgan fingerprint density at radius 2 is 2.07 bits per heavy atom. The van der Waals surface area contributed by atoms with E-state index in [4.69, 9.17) is 0 Å². The van der Waals surface area contributed by atoms with Crippen LogP contribution < -0.4 is 5.32 Å². The lowest BCUT2D eigenvalue weighted by atomic mass is 9.67. The molecule has 0 bridgehead atoms. The summed E-state index contributed by atoms with van der Waals surface area (Å²) in [6, 6.07) is 0. The fraction of sp³-hybridized carbons (Fsp3) is 1.00. The third-order valence-corrected chi connectivity index (χ3v) is 3.65. The van der Waals surface area contributed by atoms with Crippen LogP contribution in [0, 0.1) is 17.8 Å². The predicted octanol–water partition coefficient (Wildman–Crippen LogP) is 2.03. The van der Waals surface area contributed by atoms with Crippen molar-refractivity contribution in [1.82, 2.24) is 5.32 Å². The van der Waals surface area contributed by atoms with Crippen LogP contribution in [-0.2, 0) is 0 Å². The first kappa shape index (κ1) is 12.0. The molecule has 0 heterocycles. The van der Waals surface area contributed by atoms with Crippen molar-refractivity contribution in [3.63, 3.8) is 0 Å². The van der Waals surface area contributed by atoms with E-state index < -0.39 is 5.60 Å². The summed E-state index contributed by atoms with van der Waals surface area (Å²) in [7, 11) is 1.93. The fourth-order valence-corrected chi connectivity index (χ4v) is 3.05. The van der Waals surface area contributed by atoms with Gasteiger partial charge >= 0.3 is 0 Å². The van der Waals surface area contributed by atoms with Crippen molar-refractivity contribution in [2.45, 2.75) is 45.6 Å². The van der Waals surface area contributed by atoms with Crippen LogP contribution in [0.1, 0.15) is 40.0 Å². The number of aliphatic hydroxyl groups is 1. The average Bonchev–Trinajstić information content (AvgIpc) is 2.02. The minimum Gasteiger partial charge on any atom is -0.388 e. The molecule has 3 unspecified atom stereocenters. The van der Waals surface area contributed by atoms with Gasteiger partial charge in [0, 0.05) is 6.54 Å². The first-order valence-electron chi connectivity index (χ1n) is 5.86. The lowest BCUT2D eigenvalue weighted by Crippen LogP contribution is -2.51. The number of hydrogen-bond acceptors (Lipinski definition) is 2. The van der Waals surface area contributed by atoms with Gasteiger partial charge in [-0.2, -0.15) is 0 Å². The minimum absolute atomic E-state index is 0.464. The van der Waals surface area contributed by atoms with E-state index in [0.717, 1.165) is 13.0 Å². The van der Waals surface area contributed by atoms with Crippen molar-refractivity contribution >= 4 is 0 Å². The Labute approximate surface area is 88.1 Å². The highest BCUT2D eigenvalue weighted by Crippen LogP contribution is 2.40. The van der Waals surface area contributed by atoms with E-state index >= 15 is 0 Å². The average molecular weight is 199 g/mol. The van der Waals surface area contributed by atoms with Crippen LogP contribution >= 0.6 is 0 Å². The summed E-state index contributed by atoms with van der Waals surface area (Å²) >= 11 is 0. The van der Waals surface area contributed by atoms with Crippen LogP contribution in [-0.4, -0.2) is 24.3 Å². The molecule has 0 aromatic rings. The number of hydrogen-bond donors (Lipinski definition) is 2. The Kier molecular flexibility index (Phi) is 3.96. The van der Waals surface area contributed by atoms with E-state index in [1.807, 2.05) is 7.05 Å². The normalized spacial score (nSPS) is 39.0. The SMILES string of the molecule is CNCC1(O)CC(C)CCC1C(C)C. The molecule has 84 valence electrons. The van der Waals surface area contributed by atoms with Crippen LogP contribution in [0.4, 0.5) is 0 Å². The van der Waals surface area contributed by atoms with E-state index in [0.29, 0.717) is 17.8 Å². The van der Waals surface area contributed by atoms with Gasteiger partial charge in [0.05, 0.1) is 5.60 Å². The van der Waals surface area contributed by atoms with Gasteiger partial charge in [-0.3, -0.25) is 0 Å². The van der Waals surface area contributed by atoms with Gasteiger partial charge in [-0.05, 0) is 37.6 Å². The van der Waals surface area contributed by atoms with Crippen molar-refractivity contribution in [2.75, 3.05) is 13.6 Å². The van der Waals surface area contributed by atoms with Crippen LogP contribution in [0.15, 0.2) is 0 Å². The zero-order valence-corrected chi connectivity index (χ0v) is 10.0. The van der Waals surface area contributed by atoms with Gasteiger partial charge in [0.1, 0.15) is 0 Å². The Balaban J connectivity index is 2.72. The van der Waals surface area contributed by atoms with Gasteiger partial charge in [-0.25, -0.2) is 0 Å². The Hall–Kier alpha value is -0.0800. The van der Waals surface area contributed by atoms with Crippen molar-refractivity contribution in [3.8, 4) is 0 Å². The third kappa shape index (κ3) is 2.48. The largest absolute Gasteiger partial charge is 0.388 e. The maximum atomic E-state index is 10.6.